The summed E-state index contributed by atoms with van der Waals surface area (Å²) >= 11 is 0. The first-order chi connectivity index (χ1) is 12.3. The van der Waals surface area contributed by atoms with Crippen LogP contribution in [0.5, 0.6) is 11.5 Å². The van der Waals surface area contributed by atoms with E-state index in [1.54, 1.807) is 0 Å². The zero-order valence-electron chi connectivity index (χ0n) is 15.8. The van der Waals surface area contributed by atoms with E-state index in [2.05, 4.69) is 17.1 Å². The van der Waals surface area contributed by atoms with Gasteiger partial charge in [0.15, 0.2) is 11.5 Å². The molecule has 2 aliphatic carbocycles. The van der Waals surface area contributed by atoms with Crippen molar-refractivity contribution in [2.45, 2.75) is 65.2 Å². The maximum Gasteiger partial charge on any atom is 0.256 e. The van der Waals surface area contributed by atoms with Crippen molar-refractivity contribution in [3.05, 3.63) is 35.9 Å². The van der Waals surface area contributed by atoms with Crippen molar-refractivity contribution in [3.63, 3.8) is 0 Å². The van der Waals surface area contributed by atoms with E-state index in [1.165, 1.54) is 0 Å². The van der Waals surface area contributed by atoms with Crippen LogP contribution in [-0.2, 0) is 10.2 Å². The average Bonchev–Trinajstić information content (AvgIpc) is 3.28. The number of nitrogens with zero attached hydrogens (tertiary/aromatic N) is 1. The second kappa shape index (κ2) is 8.84. The monoisotopic (exact) mass is 343 g/mol. The van der Waals surface area contributed by atoms with Gasteiger partial charge in [0.2, 0.25) is 6.79 Å². The Kier molecular flexibility index (Phi) is 6.80. The van der Waals surface area contributed by atoms with Crippen LogP contribution in [0, 0.1) is 0 Å². The van der Waals surface area contributed by atoms with Crippen LogP contribution in [-0.4, -0.2) is 18.4 Å². The number of amides is 1. The van der Waals surface area contributed by atoms with Crippen LogP contribution in [0.3, 0.4) is 0 Å². The minimum absolute atomic E-state index is 0.00585. The molecule has 4 rings (SSSR count). The highest BCUT2D eigenvalue weighted by Crippen LogP contribution is 2.47. The third-order valence-corrected chi connectivity index (χ3v) is 4.67. The molecule has 0 atom stereocenters. The van der Waals surface area contributed by atoms with E-state index in [4.69, 9.17) is 9.47 Å². The number of allylic oxidation sites excluding steroid dienone is 2. The highest BCUT2D eigenvalue weighted by atomic mass is 16.7. The van der Waals surface area contributed by atoms with Gasteiger partial charge >= 0.3 is 0 Å². The van der Waals surface area contributed by atoms with E-state index in [0.29, 0.717) is 0 Å². The van der Waals surface area contributed by atoms with Crippen LogP contribution < -0.4 is 9.47 Å². The molecule has 1 aliphatic heterocycles. The Balaban J connectivity index is 0.000000528. The molecule has 0 N–H and O–H groups in total. The van der Waals surface area contributed by atoms with Gasteiger partial charge in [-0.15, -0.1) is 0 Å². The van der Waals surface area contributed by atoms with Gasteiger partial charge in [-0.2, -0.15) is 0 Å². The van der Waals surface area contributed by atoms with Crippen LogP contribution in [0.4, 0.5) is 0 Å². The van der Waals surface area contributed by atoms with Crippen molar-refractivity contribution in [1.29, 1.82) is 0 Å². The predicted molar refractivity (Wildman–Crippen MR) is 102 cm³/mol. The van der Waals surface area contributed by atoms with Crippen LogP contribution in [0.15, 0.2) is 35.3 Å². The second-order valence-corrected chi connectivity index (χ2v) is 5.87. The van der Waals surface area contributed by atoms with Crippen molar-refractivity contribution in [2.24, 2.45) is 4.99 Å². The smallest absolute Gasteiger partial charge is 0.256 e. The molecule has 1 heterocycles. The SMILES string of the molecule is CC.CC.O=C(N=C1CC=CC1)C1(c2ccc3c(c2)OCO3)CCC1. The molecule has 0 saturated heterocycles. The summed E-state index contributed by atoms with van der Waals surface area (Å²) < 4.78 is 10.8. The maximum atomic E-state index is 12.7. The lowest BCUT2D eigenvalue weighted by Crippen LogP contribution is -2.41. The van der Waals surface area contributed by atoms with E-state index in [9.17, 15) is 4.79 Å². The lowest BCUT2D eigenvalue weighted by Gasteiger charge is -2.39. The summed E-state index contributed by atoms with van der Waals surface area (Å²) in [6, 6.07) is 5.83. The zero-order valence-corrected chi connectivity index (χ0v) is 15.8. The first kappa shape index (κ1) is 19.2. The summed E-state index contributed by atoms with van der Waals surface area (Å²) in [5.41, 5.74) is 1.54. The molecule has 4 nitrogen and oxygen atoms in total. The standard InChI is InChI=1S/C17H17NO3.2C2H6/c19-16(18-13-4-1-2-5-13)17(8-3-9-17)12-6-7-14-15(10-12)21-11-20-14;2*1-2/h1-2,6-7,10H,3-5,8-9,11H2;2*1-2H3. The molecule has 25 heavy (non-hydrogen) atoms. The Morgan fingerprint density at radius 3 is 2.24 bits per heavy atom. The fourth-order valence-corrected chi connectivity index (χ4v) is 3.21. The number of hydrogen-bond donors (Lipinski definition) is 0. The second-order valence-electron chi connectivity index (χ2n) is 5.87. The first-order valence-electron chi connectivity index (χ1n) is 9.44. The Bertz CT molecular complexity index is 647. The first-order valence-corrected chi connectivity index (χ1v) is 9.44. The molecule has 4 heteroatoms. The van der Waals surface area contributed by atoms with Gasteiger partial charge in [-0.3, -0.25) is 4.79 Å². The lowest BCUT2D eigenvalue weighted by atomic mass is 9.64. The van der Waals surface area contributed by atoms with E-state index in [0.717, 1.165) is 54.9 Å². The van der Waals surface area contributed by atoms with E-state index >= 15 is 0 Å². The lowest BCUT2D eigenvalue weighted by molar-refractivity contribution is -0.126. The Morgan fingerprint density at radius 1 is 1.00 bits per heavy atom. The van der Waals surface area contributed by atoms with Gasteiger partial charge in [0.1, 0.15) is 0 Å². The van der Waals surface area contributed by atoms with Gasteiger partial charge in [0.05, 0.1) is 5.41 Å². The number of rotatable bonds is 2. The predicted octanol–water partition coefficient (Wildman–Crippen LogP) is 5.21. The topological polar surface area (TPSA) is 47.9 Å². The van der Waals surface area contributed by atoms with Crippen LogP contribution in [0.2, 0.25) is 0 Å². The van der Waals surface area contributed by atoms with Gasteiger partial charge in [0.25, 0.3) is 5.91 Å². The summed E-state index contributed by atoms with van der Waals surface area (Å²) in [5.74, 6) is 1.50. The van der Waals surface area contributed by atoms with Crippen molar-refractivity contribution in [1.82, 2.24) is 0 Å². The van der Waals surface area contributed by atoms with Crippen molar-refractivity contribution < 1.29 is 14.3 Å². The number of carbonyl (C=O) groups is 1. The molecule has 0 bridgehead atoms. The van der Waals surface area contributed by atoms with Crippen molar-refractivity contribution in [2.75, 3.05) is 6.79 Å². The molecular weight excluding hydrogens is 314 g/mol. The number of benzene rings is 1. The fourth-order valence-electron chi connectivity index (χ4n) is 3.21. The summed E-state index contributed by atoms with van der Waals surface area (Å²) in [5, 5.41) is 0. The molecular formula is C21H29NO3. The normalized spacial score (nSPS) is 18.3. The van der Waals surface area contributed by atoms with Crippen molar-refractivity contribution in [3.8, 4) is 11.5 Å². The minimum atomic E-state index is -0.448. The van der Waals surface area contributed by atoms with E-state index < -0.39 is 5.41 Å². The van der Waals surface area contributed by atoms with Gasteiger partial charge in [-0.05, 0) is 30.5 Å². The molecule has 1 saturated carbocycles. The largest absolute Gasteiger partial charge is 0.454 e. The molecule has 1 amide bonds. The third kappa shape index (κ3) is 3.78. The van der Waals surface area contributed by atoms with E-state index in [-0.39, 0.29) is 12.7 Å². The Labute approximate surface area is 150 Å². The van der Waals surface area contributed by atoms with Gasteiger partial charge in [-0.1, -0.05) is 52.3 Å². The van der Waals surface area contributed by atoms with Crippen LogP contribution in [0.1, 0.15) is 65.4 Å². The summed E-state index contributed by atoms with van der Waals surface area (Å²) in [6.45, 7) is 8.26. The van der Waals surface area contributed by atoms with E-state index in [1.807, 2.05) is 45.9 Å². The molecule has 3 aliphatic rings. The van der Waals surface area contributed by atoms with Crippen LogP contribution in [0.25, 0.3) is 0 Å². The number of aliphatic imine (C=N–C) groups is 1. The highest BCUT2D eigenvalue weighted by Gasteiger charge is 2.46. The zero-order chi connectivity index (χ0) is 18.3. The van der Waals surface area contributed by atoms with Crippen LogP contribution >= 0.6 is 0 Å². The number of hydrogen-bond acceptors (Lipinski definition) is 3. The number of fused-ring (bicyclic) bond motifs is 1. The van der Waals surface area contributed by atoms with Gasteiger partial charge in [-0.25, -0.2) is 4.99 Å². The number of carbonyl (C=O) groups excluding carboxylic acids is 1. The molecule has 1 fully saturated rings. The number of ether oxygens (including phenoxy) is 2. The van der Waals surface area contributed by atoms with Gasteiger partial charge in [0, 0.05) is 18.6 Å². The fraction of sp³-hybridized carbons (Fsp3) is 0.524. The molecule has 0 unspecified atom stereocenters. The highest BCUT2D eigenvalue weighted by molar-refractivity contribution is 6.02. The summed E-state index contributed by atoms with van der Waals surface area (Å²) in [7, 11) is 0. The molecule has 0 spiro atoms. The third-order valence-electron chi connectivity index (χ3n) is 4.67. The molecule has 0 radical (unpaired) electrons. The Morgan fingerprint density at radius 2 is 1.64 bits per heavy atom. The molecule has 0 aromatic heterocycles. The average molecular weight is 343 g/mol. The Hall–Kier alpha value is -2.10. The van der Waals surface area contributed by atoms with Gasteiger partial charge < -0.3 is 9.47 Å². The molecule has 1 aromatic carbocycles. The molecule has 136 valence electrons. The van der Waals surface area contributed by atoms with Crippen molar-refractivity contribution >= 4 is 11.6 Å². The quantitative estimate of drug-likeness (QED) is 0.693. The summed E-state index contributed by atoms with van der Waals surface area (Å²) in [4.78, 5) is 17.1. The molecule has 1 aromatic rings. The summed E-state index contributed by atoms with van der Waals surface area (Å²) in [6.07, 6.45) is 8.57. The maximum absolute atomic E-state index is 12.7. The minimum Gasteiger partial charge on any atom is -0.454 e.